The van der Waals surface area contributed by atoms with E-state index in [1.807, 2.05) is 12.1 Å². The van der Waals surface area contributed by atoms with Crippen LogP contribution >= 0.6 is 23.2 Å². The van der Waals surface area contributed by atoms with E-state index < -0.39 is 11.2 Å². The molecule has 0 aliphatic carbocycles. The van der Waals surface area contributed by atoms with Gasteiger partial charge in [0.25, 0.3) is 5.91 Å². The summed E-state index contributed by atoms with van der Waals surface area (Å²) in [7, 11) is 0. The molecule has 3 atom stereocenters. The van der Waals surface area contributed by atoms with Crippen LogP contribution in [0.5, 0.6) is 5.75 Å². The number of hydrogen-bond donors (Lipinski definition) is 2. The van der Waals surface area contributed by atoms with Gasteiger partial charge in [0.15, 0.2) is 5.60 Å². The monoisotopic (exact) mass is 491 g/mol. The Labute approximate surface area is 205 Å². The number of aliphatic hydroxyl groups is 1. The van der Waals surface area contributed by atoms with Crippen molar-refractivity contribution < 1.29 is 14.6 Å². The standard InChI is InChI=1S/C25H31Cl2N3O3/c1-24(2,32)15-5-10-22(28-14-15)30-18-7-8-19(30)13-17(12-18)29-23(31)25(3,4)33-21-9-6-16(26)11-20(21)27/h5-6,9-11,14,17-19,32H,7-8,12-13H2,1-4H3,(H,29,31)/t17?,18-,19+. The van der Waals surface area contributed by atoms with E-state index in [0.29, 0.717) is 27.9 Å². The number of ether oxygens (including phenoxy) is 1. The molecule has 2 aliphatic heterocycles. The second-order valence-electron chi connectivity index (χ2n) is 10.1. The van der Waals surface area contributed by atoms with Crippen molar-refractivity contribution in [2.45, 2.75) is 82.7 Å². The van der Waals surface area contributed by atoms with E-state index in [1.165, 1.54) is 0 Å². The van der Waals surface area contributed by atoms with Crippen molar-refractivity contribution in [1.82, 2.24) is 10.3 Å². The van der Waals surface area contributed by atoms with Gasteiger partial charge in [0.2, 0.25) is 0 Å². The summed E-state index contributed by atoms with van der Waals surface area (Å²) in [5, 5.41) is 14.3. The number of piperidine rings is 1. The molecule has 2 aliphatic rings. The van der Waals surface area contributed by atoms with E-state index in [2.05, 4.69) is 15.2 Å². The molecule has 2 N–H and O–H groups in total. The zero-order chi connectivity index (χ0) is 24.0. The summed E-state index contributed by atoms with van der Waals surface area (Å²) < 4.78 is 5.95. The number of nitrogens with one attached hydrogen (secondary N) is 1. The third-order valence-electron chi connectivity index (χ3n) is 6.59. The fourth-order valence-corrected chi connectivity index (χ4v) is 5.26. The smallest absolute Gasteiger partial charge is 0.263 e. The SMILES string of the molecule is CC(C)(Oc1ccc(Cl)cc1Cl)C(=O)NC1C[C@H]2CC[C@@H](C1)N2c1ccc(C(C)(C)O)cn1. The van der Waals surface area contributed by atoms with Crippen molar-refractivity contribution in [3.05, 3.63) is 52.1 Å². The molecule has 2 aromatic rings. The molecule has 0 saturated carbocycles. The van der Waals surface area contributed by atoms with Crippen molar-refractivity contribution in [1.29, 1.82) is 0 Å². The predicted octanol–water partition coefficient (Wildman–Crippen LogP) is 5.09. The number of fused-ring (bicyclic) bond motifs is 2. The van der Waals surface area contributed by atoms with Crippen LogP contribution < -0.4 is 15.0 Å². The zero-order valence-electron chi connectivity index (χ0n) is 19.4. The Kier molecular flexibility index (Phi) is 6.56. The van der Waals surface area contributed by atoms with Crippen LogP contribution in [0.3, 0.4) is 0 Å². The van der Waals surface area contributed by atoms with Crippen LogP contribution in [-0.4, -0.2) is 39.7 Å². The van der Waals surface area contributed by atoms with Gasteiger partial charge in [-0.15, -0.1) is 0 Å². The highest BCUT2D eigenvalue weighted by atomic mass is 35.5. The van der Waals surface area contributed by atoms with Crippen LogP contribution in [0.2, 0.25) is 10.0 Å². The minimum atomic E-state index is -1.08. The van der Waals surface area contributed by atoms with Gasteiger partial charge in [0.05, 0.1) is 10.6 Å². The molecule has 1 amide bonds. The summed E-state index contributed by atoms with van der Waals surface area (Å²) in [5.74, 6) is 1.19. The summed E-state index contributed by atoms with van der Waals surface area (Å²) in [5.41, 5.74) is -1.20. The highest BCUT2D eigenvalue weighted by Gasteiger charge is 2.43. The average molecular weight is 492 g/mol. The number of hydrogen-bond acceptors (Lipinski definition) is 5. The normalized spacial score (nSPS) is 22.9. The Balaban J connectivity index is 1.40. The van der Waals surface area contributed by atoms with Crippen LogP contribution in [0, 0.1) is 0 Å². The van der Waals surface area contributed by atoms with Crippen molar-refractivity contribution in [2.24, 2.45) is 0 Å². The van der Waals surface area contributed by atoms with E-state index in [9.17, 15) is 9.90 Å². The Bertz CT molecular complexity index is 1010. The Morgan fingerprint density at radius 1 is 1.12 bits per heavy atom. The molecule has 6 nitrogen and oxygen atoms in total. The lowest BCUT2D eigenvalue weighted by Gasteiger charge is -2.41. The summed E-state index contributed by atoms with van der Waals surface area (Å²) >= 11 is 12.2. The first-order valence-corrected chi connectivity index (χ1v) is 12.1. The number of aromatic nitrogens is 1. The van der Waals surface area contributed by atoms with E-state index in [4.69, 9.17) is 27.9 Å². The van der Waals surface area contributed by atoms with Crippen LogP contribution in [0.4, 0.5) is 5.82 Å². The second-order valence-corrected chi connectivity index (χ2v) is 10.9. The number of anilines is 1. The molecule has 33 heavy (non-hydrogen) atoms. The van der Waals surface area contributed by atoms with Gasteiger partial charge in [-0.25, -0.2) is 4.98 Å². The third-order valence-corrected chi connectivity index (χ3v) is 7.12. The molecule has 0 spiro atoms. The number of benzene rings is 1. The maximum Gasteiger partial charge on any atom is 0.263 e. The Morgan fingerprint density at radius 3 is 2.33 bits per heavy atom. The number of pyridine rings is 1. The van der Waals surface area contributed by atoms with Crippen LogP contribution in [-0.2, 0) is 10.4 Å². The van der Waals surface area contributed by atoms with Crippen LogP contribution in [0.25, 0.3) is 0 Å². The van der Waals surface area contributed by atoms with Crippen LogP contribution in [0.1, 0.15) is 58.9 Å². The summed E-state index contributed by atoms with van der Waals surface area (Å²) in [6.07, 6.45) is 5.62. The Hall–Kier alpha value is -2.02. The van der Waals surface area contributed by atoms with Crippen molar-refractivity contribution in [3.63, 3.8) is 0 Å². The molecule has 0 radical (unpaired) electrons. The molecule has 1 unspecified atom stereocenters. The summed E-state index contributed by atoms with van der Waals surface area (Å²) in [6, 6.07) is 9.61. The minimum absolute atomic E-state index is 0.0745. The van der Waals surface area contributed by atoms with Gasteiger partial charge < -0.3 is 20.1 Å². The summed E-state index contributed by atoms with van der Waals surface area (Å²) in [6.45, 7) is 7.00. The largest absolute Gasteiger partial charge is 0.476 e. The van der Waals surface area contributed by atoms with Gasteiger partial charge in [-0.3, -0.25) is 4.79 Å². The fraction of sp³-hybridized carbons (Fsp3) is 0.520. The maximum atomic E-state index is 13.1. The van der Waals surface area contributed by atoms with Crippen LogP contribution in [0.15, 0.2) is 36.5 Å². The maximum absolute atomic E-state index is 13.1. The van der Waals surface area contributed by atoms with Crippen molar-refractivity contribution >= 4 is 34.9 Å². The highest BCUT2D eigenvalue weighted by Crippen LogP contribution is 2.39. The number of halogens is 2. The Morgan fingerprint density at radius 2 is 1.79 bits per heavy atom. The quantitative estimate of drug-likeness (QED) is 0.588. The molecule has 178 valence electrons. The molecular formula is C25H31Cl2N3O3. The molecule has 8 heteroatoms. The van der Waals surface area contributed by atoms with Gasteiger partial charge in [0.1, 0.15) is 11.6 Å². The van der Waals surface area contributed by atoms with E-state index in [-0.39, 0.29) is 11.9 Å². The lowest BCUT2D eigenvalue weighted by atomic mass is 9.95. The van der Waals surface area contributed by atoms with E-state index >= 15 is 0 Å². The fourth-order valence-electron chi connectivity index (χ4n) is 4.81. The molecule has 4 rings (SSSR count). The molecule has 1 aromatic heterocycles. The van der Waals surface area contributed by atoms with Gasteiger partial charge in [-0.2, -0.15) is 0 Å². The van der Waals surface area contributed by atoms with Crippen molar-refractivity contribution in [2.75, 3.05) is 4.90 Å². The van der Waals surface area contributed by atoms with E-state index in [1.54, 1.807) is 52.1 Å². The minimum Gasteiger partial charge on any atom is -0.476 e. The molecule has 3 heterocycles. The first-order valence-electron chi connectivity index (χ1n) is 11.4. The number of carbonyl (C=O) groups excluding carboxylic acids is 1. The lowest BCUT2D eigenvalue weighted by molar-refractivity contribution is -0.135. The molecule has 1 aromatic carbocycles. The lowest BCUT2D eigenvalue weighted by Crippen LogP contribution is -2.55. The molecule has 2 bridgehead atoms. The first kappa shape index (κ1) is 24.1. The molecule has 2 saturated heterocycles. The molecule has 2 fully saturated rings. The number of amides is 1. The van der Waals surface area contributed by atoms with Gasteiger partial charge >= 0.3 is 0 Å². The van der Waals surface area contributed by atoms with Gasteiger partial charge in [-0.05, 0) is 77.6 Å². The predicted molar refractivity (Wildman–Crippen MR) is 131 cm³/mol. The first-order chi connectivity index (χ1) is 15.4. The van der Waals surface area contributed by atoms with Gasteiger partial charge in [-0.1, -0.05) is 29.3 Å². The summed E-state index contributed by atoms with van der Waals surface area (Å²) in [4.78, 5) is 20.1. The number of rotatable bonds is 6. The molecular weight excluding hydrogens is 461 g/mol. The zero-order valence-corrected chi connectivity index (χ0v) is 21.0. The highest BCUT2D eigenvalue weighted by molar-refractivity contribution is 6.35. The number of nitrogens with zero attached hydrogens (tertiary/aromatic N) is 2. The van der Waals surface area contributed by atoms with E-state index in [0.717, 1.165) is 37.1 Å². The average Bonchev–Trinajstić information content (AvgIpc) is 3.00. The second kappa shape index (κ2) is 8.97. The topological polar surface area (TPSA) is 74.7 Å². The van der Waals surface area contributed by atoms with Gasteiger partial charge in [0, 0.05) is 34.9 Å². The van der Waals surface area contributed by atoms with Crippen molar-refractivity contribution in [3.8, 4) is 5.75 Å². The number of carbonyl (C=O) groups is 1. The third kappa shape index (κ3) is 5.23.